The number of benzene rings is 2. The minimum atomic E-state index is -0.112. The Labute approximate surface area is 208 Å². The molecule has 0 aliphatic heterocycles. The second-order valence-electron chi connectivity index (χ2n) is 8.44. The molecule has 0 atom stereocenters. The predicted molar refractivity (Wildman–Crippen MR) is 142 cm³/mol. The average molecular weight is 480 g/mol. The molecule has 5 nitrogen and oxygen atoms in total. The van der Waals surface area contributed by atoms with Gasteiger partial charge >= 0.3 is 0 Å². The Kier molecular flexibility index (Phi) is 6.29. The summed E-state index contributed by atoms with van der Waals surface area (Å²) in [5, 5.41) is 10.8. The van der Waals surface area contributed by atoms with Gasteiger partial charge in [0.05, 0.1) is 27.4 Å². The number of para-hydroxylation sites is 1. The third kappa shape index (κ3) is 4.53. The van der Waals surface area contributed by atoms with Crippen molar-refractivity contribution in [1.82, 2.24) is 14.5 Å². The lowest BCUT2D eigenvalue weighted by Gasteiger charge is -2.17. The highest BCUT2D eigenvalue weighted by Gasteiger charge is 2.21. The van der Waals surface area contributed by atoms with Gasteiger partial charge in [-0.2, -0.15) is 0 Å². The van der Waals surface area contributed by atoms with Gasteiger partial charge in [-0.1, -0.05) is 48.5 Å². The first-order valence-corrected chi connectivity index (χ1v) is 12.3. The first-order chi connectivity index (χ1) is 17.0. The second-order valence-corrected chi connectivity index (χ2v) is 9.52. The van der Waals surface area contributed by atoms with Crippen LogP contribution >= 0.6 is 11.3 Å². The van der Waals surface area contributed by atoms with Crippen LogP contribution in [0, 0.1) is 13.8 Å². The van der Waals surface area contributed by atoms with Crippen molar-refractivity contribution in [2.75, 3.05) is 0 Å². The molecule has 5 rings (SSSR count). The molecule has 0 unspecified atom stereocenters. The van der Waals surface area contributed by atoms with E-state index in [0.717, 1.165) is 26.6 Å². The fourth-order valence-corrected chi connectivity index (χ4v) is 5.27. The zero-order valence-corrected chi connectivity index (χ0v) is 20.4. The quantitative estimate of drug-likeness (QED) is 0.312. The van der Waals surface area contributed by atoms with E-state index in [1.54, 1.807) is 10.8 Å². The lowest BCUT2D eigenvalue weighted by atomic mass is 10.1. The third-order valence-electron chi connectivity index (χ3n) is 6.07. The molecule has 3 aromatic heterocycles. The Balaban J connectivity index is 1.65. The van der Waals surface area contributed by atoms with Crippen molar-refractivity contribution in [3.8, 4) is 38.1 Å². The molecule has 3 heterocycles. The lowest BCUT2D eigenvalue weighted by Crippen LogP contribution is -2.27. The smallest absolute Gasteiger partial charge is 0.262 e. The summed E-state index contributed by atoms with van der Waals surface area (Å²) < 4.78 is 1.70. The van der Waals surface area contributed by atoms with Crippen LogP contribution in [0.4, 0.5) is 0 Å². The van der Waals surface area contributed by atoms with Crippen molar-refractivity contribution in [3.05, 3.63) is 112 Å². The lowest BCUT2D eigenvalue weighted by molar-refractivity contribution is 0.472. The van der Waals surface area contributed by atoms with Crippen LogP contribution in [0.5, 0.6) is 5.75 Å². The summed E-state index contributed by atoms with van der Waals surface area (Å²) in [5.41, 5.74) is 4.42. The van der Waals surface area contributed by atoms with E-state index in [2.05, 4.69) is 17.1 Å². The van der Waals surface area contributed by atoms with E-state index in [4.69, 9.17) is 4.98 Å². The Morgan fingerprint density at radius 2 is 1.66 bits per heavy atom. The van der Waals surface area contributed by atoms with Crippen LogP contribution in [0.1, 0.15) is 16.8 Å². The van der Waals surface area contributed by atoms with Gasteiger partial charge in [-0.25, -0.2) is 4.98 Å². The van der Waals surface area contributed by atoms with Gasteiger partial charge in [0, 0.05) is 17.6 Å². The topological polar surface area (TPSA) is 68.0 Å². The number of rotatable bonds is 6. The number of nitrogens with zero attached hydrogens (tertiary/aromatic N) is 3. The monoisotopic (exact) mass is 479 g/mol. The molecular formula is C29H25N3O2S. The first-order valence-electron chi connectivity index (χ1n) is 11.5. The second kappa shape index (κ2) is 9.68. The van der Waals surface area contributed by atoms with E-state index in [9.17, 15) is 9.90 Å². The van der Waals surface area contributed by atoms with E-state index >= 15 is 0 Å². The van der Waals surface area contributed by atoms with Crippen LogP contribution in [-0.2, 0) is 13.0 Å². The number of thiophene rings is 1. The number of aromatic hydroxyl groups is 1. The Morgan fingerprint density at radius 1 is 0.886 bits per heavy atom. The number of phenols is 1. The highest BCUT2D eigenvalue weighted by molar-refractivity contribution is 7.18. The van der Waals surface area contributed by atoms with Crippen LogP contribution in [-0.4, -0.2) is 19.6 Å². The first kappa shape index (κ1) is 22.7. The average Bonchev–Trinajstić information content (AvgIpc) is 3.36. The largest absolute Gasteiger partial charge is 0.507 e. The van der Waals surface area contributed by atoms with Crippen LogP contribution < -0.4 is 5.56 Å². The summed E-state index contributed by atoms with van der Waals surface area (Å²) >= 11 is 1.53. The number of aryl methyl sites for hydroxylation is 3. The zero-order chi connectivity index (χ0) is 24.4. The number of pyridine rings is 1. The number of phenolic OH excluding ortho intramolecular Hbond substituents is 1. The Bertz CT molecular complexity index is 1540. The SMILES string of the molecule is Cc1cccc(-c2nc(C)c(-c3ccc(-c4ccccn4)s3)c(=O)n2CCc2ccccc2)c1O. The van der Waals surface area contributed by atoms with E-state index in [1.165, 1.54) is 11.3 Å². The number of hydrogen-bond acceptors (Lipinski definition) is 5. The molecular weight excluding hydrogens is 454 g/mol. The maximum Gasteiger partial charge on any atom is 0.262 e. The van der Waals surface area contributed by atoms with Gasteiger partial charge in [-0.05, 0) is 61.7 Å². The van der Waals surface area contributed by atoms with Gasteiger partial charge in [0.2, 0.25) is 0 Å². The number of hydrogen-bond donors (Lipinski definition) is 1. The summed E-state index contributed by atoms with van der Waals surface area (Å²) in [6.45, 7) is 4.15. The van der Waals surface area contributed by atoms with Gasteiger partial charge in [0.15, 0.2) is 0 Å². The standard InChI is InChI=1S/C29H25N3O2S/c1-19-9-8-12-22(27(19)33)28-31-20(2)26(25-15-14-24(35-25)23-13-6-7-17-30-23)29(34)32(28)18-16-21-10-4-3-5-11-21/h3-15,17,33H,16,18H2,1-2H3. The van der Waals surface area contributed by atoms with Crippen molar-refractivity contribution in [3.63, 3.8) is 0 Å². The molecule has 0 amide bonds. The fourth-order valence-electron chi connectivity index (χ4n) is 4.20. The highest BCUT2D eigenvalue weighted by atomic mass is 32.1. The molecule has 35 heavy (non-hydrogen) atoms. The summed E-state index contributed by atoms with van der Waals surface area (Å²) in [7, 11) is 0. The molecule has 0 fully saturated rings. The summed E-state index contributed by atoms with van der Waals surface area (Å²) in [5.74, 6) is 0.628. The third-order valence-corrected chi connectivity index (χ3v) is 7.19. The molecule has 1 N–H and O–H groups in total. The fraction of sp³-hybridized carbons (Fsp3) is 0.138. The van der Waals surface area contributed by atoms with Crippen molar-refractivity contribution in [2.24, 2.45) is 0 Å². The van der Waals surface area contributed by atoms with Gasteiger partial charge in [-0.3, -0.25) is 14.3 Å². The molecule has 0 radical (unpaired) electrons. The Morgan fingerprint density at radius 3 is 2.43 bits per heavy atom. The van der Waals surface area contributed by atoms with E-state index < -0.39 is 0 Å². The van der Waals surface area contributed by atoms with E-state index in [-0.39, 0.29) is 11.3 Å². The molecule has 5 aromatic rings. The molecule has 2 aromatic carbocycles. The highest BCUT2D eigenvalue weighted by Crippen LogP contribution is 2.35. The van der Waals surface area contributed by atoms with Crippen LogP contribution in [0.25, 0.3) is 32.4 Å². The normalized spacial score (nSPS) is 11.0. The number of aromatic nitrogens is 3. The summed E-state index contributed by atoms with van der Waals surface area (Å²) in [6.07, 6.45) is 2.44. The molecule has 174 valence electrons. The van der Waals surface area contributed by atoms with Crippen molar-refractivity contribution < 1.29 is 5.11 Å². The minimum absolute atomic E-state index is 0.112. The van der Waals surface area contributed by atoms with Gasteiger partial charge in [-0.15, -0.1) is 11.3 Å². The molecule has 0 aliphatic carbocycles. The van der Waals surface area contributed by atoms with Crippen molar-refractivity contribution in [2.45, 2.75) is 26.8 Å². The van der Waals surface area contributed by atoms with Gasteiger partial charge < -0.3 is 5.11 Å². The van der Waals surface area contributed by atoms with Crippen LogP contribution in [0.15, 0.2) is 89.9 Å². The summed E-state index contributed by atoms with van der Waals surface area (Å²) in [6, 6.07) is 25.4. The molecule has 0 saturated heterocycles. The van der Waals surface area contributed by atoms with Crippen LogP contribution in [0.2, 0.25) is 0 Å². The van der Waals surface area contributed by atoms with Crippen molar-refractivity contribution >= 4 is 11.3 Å². The Hall–Kier alpha value is -4.03. The zero-order valence-electron chi connectivity index (χ0n) is 19.6. The molecule has 0 spiro atoms. The molecule has 0 saturated carbocycles. The van der Waals surface area contributed by atoms with Gasteiger partial charge in [0.1, 0.15) is 11.6 Å². The summed E-state index contributed by atoms with van der Waals surface area (Å²) in [4.78, 5) is 25.1. The molecule has 0 aliphatic rings. The van der Waals surface area contributed by atoms with Crippen LogP contribution in [0.3, 0.4) is 0 Å². The maximum atomic E-state index is 14.0. The molecule has 0 bridgehead atoms. The van der Waals surface area contributed by atoms with Crippen molar-refractivity contribution in [1.29, 1.82) is 0 Å². The predicted octanol–water partition coefficient (Wildman–Crippen LogP) is 6.27. The maximum absolute atomic E-state index is 14.0. The van der Waals surface area contributed by atoms with E-state index in [1.807, 2.05) is 80.6 Å². The van der Waals surface area contributed by atoms with Gasteiger partial charge in [0.25, 0.3) is 5.56 Å². The minimum Gasteiger partial charge on any atom is -0.507 e. The molecule has 6 heteroatoms. The van der Waals surface area contributed by atoms with E-state index in [0.29, 0.717) is 35.6 Å².